The van der Waals surface area contributed by atoms with Crippen molar-refractivity contribution in [2.45, 2.75) is 6.10 Å². The highest BCUT2D eigenvalue weighted by Gasteiger charge is 2.33. The van der Waals surface area contributed by atoms with Crippen molar-refractivity contribution in [3.63, 3.8) is 0 Å². The number of fused-ring (bicyclic) bond motifs is 2. The minimum absolute atomic E-state index is 0. The standard InChI is InChI=1S/C20H20FN3O3S.ClH/c1-23(2)9-10-24(20-22-14-8-7-13(21)11-18(14)28-20)19(25)17-12-26-15-5-3-4-6-16(15)27-17;/h3-8,11,17H,9-10,12H2,1-2H3;1H. The summed E-state index contributed by atoms with van der Waals surface area (Å²) in [7, 11) is 3.87. The molecule has 9 heteroatoms. The van der Waals surface area contributed by atoms with Gasteiger partial charge in [0.2, 0.25) is 6.10 Å². The first kappa shape index (κ1) is 21.3. The third-order valence-electron chi connectivity index (χ3n) is 4.39. The van der Waals surface area contributed by atoms with Crippen molar-refractivity contribution in [3.8, 4) is 11.5 Å². The van der Waals surface area contributed by atoms with Crippen LogP contribution in [-0.2, 0) is 4.79 Å². The third kappa shape index (κ3) is 4.60. The first-order valence-electron chi connectivity index (χ1n) is 8.92. The molecular weight excluding hydrogens is 417 g/mol. The van der Waals surface area contributed by atoms with Crippen molar-refractivity contribution in [2.24, 2.45) is 0 Å². The molecule has 1 unspecified atom stereocenters. The van der Waals surface area contributed by atoms with Crippen LogP contribution in [-0.4, -0.2) is 55.7 Å². The van der Waals surface area contributed by atoms with E-state index in [0.29, 0.717) is 39.9 Å². The molecule has 1 aliphatic rings. The number of thiazole rings is 1. The fourth-order valence-corrected chi connectivity index (χ4v) is 3.94. The summed E-state index contributed by atoms with van der Waals surface area (Å²) in [6.07, 6.45) is -0.763. The number of rotatable bonds is 5. The molecule has 3 aromatic rings. The first-order valence-corrected chi connectivity index (χ1v) is 9.73. The number of carbonyl (C=O) groups excluding carboxylic acids is 1. The van der Waals surface area contributed by atoms with E-state index in [0.717, 1.165) is 0 Å². The average molecular weight is 438 g/mol. The van der Waals surface area contributed by atoms with Crippen molar-refractivity contribution in [3.05, 3.63) is 48.3 Å². The van der Waals surface area contributed by atoms with E-state index < -0.39 is 6.10 Å². The number of carbonyl (C=O) groups is 1. The molecular formula is C20H21ClFN3O3S. The van der Waals surface area contributed by atoms with Crippen LogP contribution in [0.3, 0.4) is 0 Å². The van der Waals surface area contributed by atoms with E-state index >= 15 is 0 Å². The van der Waals surface area contributed by atoms with Crippen LogP contribution in [0.25, 0.3) is 10.2 Å². The molecule has 0 N–H and O–H groups in total. The molecule has 154 valence electrons. The number of anilines is 1. The zero-order valence-electron chi connectivity index (χ0n) is 16.0. The number of hydrogen-bond donors (Lipinski definition) is 0. The van der Waals surface area contributed by atoms with Gasteiger partial charge in [0.25, 0.3) is 5.91 Å². The number of ether oxygens (including phenoxy) is 2. The molecule has 2 aromatic carbocycles. The first-order chi connectivity index (χ1) is 13.5. The molecule has 2 heterocycles. The zero-order chi connectivity index (χ0) is 19.7. The fourth-order valence-electron chi connectivity index (χ4n) is 2.92. The second-order valence-corrected chi connectivity index (χ2v) is 7.77. The number of likely N-dealkylation sites (N-methyl/N-ethyl adjacent to an activating group) is 1. The molecule has 1 aliphatic heterocycles. The van der Waals surface area contributed by atoms with Crippen LogP contribution in [0.2, 0.25) is 0 Å². The maximum absolute atomic E-state index is 13.5. The molecule has 29 heavy (non-hydrogen) atoms. The largest absolute Gasteiger partial charge is 0.485 e. The van der Waals surface area contributed by atoms with Crippen LogP contribution < -0.4 is 14.4 Å². The normalized spacial score (nSPS) is 15.2. The summed E-state index contributed by atoms with van der Waals surface area (Å²) < 4.78 is 25.8. The van der Waals surface area contributed by atoms with Gasteiger partial charge in [0.15, 0.2) is 16.6 Å². The van der Waals surface area contributed by atoms with Gasteiger partial charge in [0.1, 0.15) is 12.4 Å². The highest BCUT2D eigenvalue weighted by Crippen LogP contribution is 2.33. The number of nitrogens with zero attached hydrogens (tertiary/aromatic N) is 3. The van der Waals surface area contributed by atoms with Crippen LogP contribution in [0.1, 0.15) is 0 Å². The van der Waals surface area contributed by atoms with E-state index in [9.17, 15) is 9.18 Å². The molecule has 4 rings (SSSR count). The Morgan fingerprint density at radius 3 is 2.72 bits per heavy atom. The Kier molecular flexibility index (Phi) is 6.56. The Morgan fingerprint density at radius 1 is 1.21 bits per heavy atom. The fraction of sp³-hybridized carbons (Fsp3) is 0.300. The number of halogens is 2. The van der Waals surface area contributed by atoms with Gasteiger partial charge in [-0.1, -0.05) is 23.5 Å². The monoisotopic (exact) mass is 437 g/mol. The summed E-state index contributed by atoms with van der Waals surface area (Å²) in [4.78, 5) is 21.4. The summed E-state index contributed by atoms with van der Waals surface area (Å²) in [5, 5.41) is 0.523. The van der Waals surface area contributed by atoms with Gasteiger partial charge in [-0.25, -0.2) is 9.37 Å². The smallest absolute Gasteiger partial charge is 0.273 e. The van der Waals surface area contributed by atoms with Gasteiger partial charge in [-0.2, -0.15) is 0 Å². The summed E-state index contributed by atoms with van der Waals surface area (Å²) in [6.45, 7) is 1.23. The van der Waals surface area contributed by atoms with Crippen LogP contribution in [0, 0.1) is 5.82 Å². The molecule has 0 fully saturated rings. The molecule has 0 spiro atoms. The predicted molar refractivity (Wildman–Crippen MR) is 114 cm³/mol. The molecule has 6 nitrogen and oxygen atoms in total. The van der Waals surface area contributed by atoms with Crippen molar-refractivity contribution in [1.82, 2.24) is 9.88 Å². The maximum atomic E-state index is 13.5. The van der Waals surface area contributed by atoms with E-state index in [1.54, 1.807) is 17.0 Å². The molecule has 1 amide bonds. The van der Waals surface area contributed by atoms with E-state index in [1.807, 2.05) is 37.2 Å². The number of para-hydroxylation sites is 2. The van der Waals surface area contributed by atoms with Crippen molar-refractivity contribution >= 4 is 45.0 Å². The van der Waals surface area contributed by atoms with Crippen molar-refractivity contribution < 1.29 is 18.7 Å². The summed E-state index contributed by atoms with van der Waals surface area (Å²) >= 11 is 1.29. The summed E-state index contributed by atoms with van der Waals surface area (Å²) in [5.41, 5.74) is 0.662. The predicted octanol–water partition coefficient (Wildman–Crippen LogP) is 3.59. The van der Waals surface area contributed by atoms with Gasteiger partial charge in [-0.05, 0) is 44.4 Å². The van der Waals surface area contributed by atoms with Gasteiger partial charge < -0.3 is 14.4 Å². The lowest BCUT2D eigenvalue weighted by molar-refractivity contribution is -0.127. The highest BCUT2D eigenvalue weighted by molar-refractivity contribution is 7.22. The topological polar surface area (TPSA) is 54.9 Å². The van der Waals surface area contributed by atoms with Crippen LogP contribution in [0.5, 0.6) is 11.5 Å². The highest BCUT2D eigenvalue weighted by atomic mass is 35.5. The molecule has 1 aromatic heterocycles. The maximum Gasteiger partial charge on any atom is 0.273 e. The average Bonchev–Trinajstić information content (AvgIpc) is 3.10. The van der Waals surface area contributed by atoms with Crippen molar-refractivity contribution in [1.29, 1.82) is 0 Å². The van der Waals surface area contributed by atoms with Gasteiger partial charge in [-0.3, -0.25) is 9.69 Å². The Labute approximate surface area is 178 Å². The quantitative estimate of drug-likeness (QED) is 0.610. The van der Waals surface area contributed by atoms with Crippen LogP contribution in [0.15, 0.2) is 42.5 Å². The van der Waals surface area contributed by atoms with Crippen LogP contribution >= 0.6 is 23.7 Å². The zero-order valence-corrected chi connectivity index (χ0v) is 17.6. The summed E-state index contributed by atoms with van der Waals surface area (Å²) in [6, 6.07) is 11.7. The second kappa shape index (κ2) is 8.94. The Balaban J connectivity index is 0.00000240. The minimum atomic E-state index is -0.763. The molecule has 0 radical (unpaired) electrons. The van der Waals surface area contributed by atoms with Crippen LogP contribution in [0.4, 0.5) is 9.52 Å². The van der Waals surface area contributed by atoms with Gasteiger partial charge >= 0.3 is 0 Å². The van der Waals surface area contributed by atoms with Gasteiger partial charge in [-0.15, -0.1) is 12.4 Å². The number of aromatic nitrogens is 1. The Morgan fingerprint density at radius 2 is 1.97 bits per heavy atom. The Hall–Kier alpha value is -2.42. The minimum Gasteiger partial charge on any atom is -0.485 e. The number of benzene rings is 2. The van der Waals surface area contributed by atoms with Gasteiger partial charge in [0, 0.05) is 13.1 Å². The third-order valence-corrected chi connectivity index (χ3v) is 5.43. The lowest BCUT2D eigenvalue weighted by Gasteiger charge is -2.30. The molecule has 0 saturated carbocycles. The van der Waals surface area contributed by atoms with Crippen molar-refractivity contribution in [2.75, 3.05) is 38.7 Å². The summed E-state index contributed by atoms with van der Waals surface area (Å²) in [5.74, 6) is 0.623. The number of amides is 1. The lowest BCUT2D eigenvalue weighted by atomic mass is 10.2. The Bertz CT molecular complexity index is 1010. The molecule has 0 aliphatic carbocycles. The van der Waals surface area contributed by atoms with E-state index in [1.165, 1.54) is 23.5 Å². The van der Waals surface area contributed by atoms with E-state index in [-0.39, 0.29) is 30.7 Å². The SMILES string of the molecule is CN(C)CCN(C(=O)C1COc2ccccc2O1)c1nc2ccc(F)cc2s1.Cl. The number of hydrogen-bond acceptors (Lipinski definition) is 6. The second-order valence-electron chi connectivity index (χ2n) is 6.77. The van der Waals surface area contributed by atoms with Gasteiger partial charge in [0.05, 0.1) is 10.2 Å². The lowest BCUT2D eigenvalue weighted by Crippen LogP contribution is -2.48. The molecule has 0 saturated heterocycles. The molecule has 0 bridgehead atoms. The van der Waals surface area contributed by atoms with E-state index in [2.05, 4.69) is 4.98 Å². The molecule has 1 atom stereocenters. The van der Waals surface area contributed by atoms with E-state index in [4.69, 9.17) is 9.47 Å².